The number of nitrogens with zero attached hydrogens (tertiary/aromatic N) is 1. The molecule has 15 heavy (non-hydrogen) atoms. The maximum Gasteiger partial charge on any atom is 0.314 e. The minimum atomic E-state index is -0.491. The molecule has 0 aromatic rings. The van der Waals surface area contributed by atoms with Gasteiger partial charge in [-0.3, -0.25) is 0 Å². The predicted octanol–water partition coefficient (Wildman–Crippen LogP) is -0.238. The van der Waals surface area contributed by atoms with Gasteiger partial charge in [-0.2, -0.15) is 0 Å². The highest BCUT2D eigenvalue weighted by Gasteiger charge is 2.10. The maximum atomic E-state index is 11.2. The van der Waals surface area contributed by atoms with Crippen LogP contribution >= 0.6 is 0 Å². The molecule has 0 radical (unpaired) electrons. The first kappa shape index (κ1) is 12.3. The smallest absolute Gasteiger partial charge is 0.314 e. The average Bonchev–Trinajstić information content (AvgIpc) is 2.67. The second-order valence-corrected chi connectivity index (χ2v) is 4.03. The van der Waals surface area contributed by atoms with E-state index < -0.39 is 6.10 Å². The van der Waals surface area contributed by atoms with Crippen LogP contribution in [0.25, 0.3) is 0 Å². The third-order valence-corrected chi connectivity index (χ3v) is 2.47. The highest BCUT2D eigenvalue weighted by molar-refractivity contribution is 5.73. The molecule has 88 valence electrons. The minimum absolute atomic E-state index is 0.199. The van der Waals surface area contributed by atoms with Crippen LogP contribution in [-0.4, -0.2) is 54.9 Å². The molecular weight excluding hydrogens is 194 g/mol. The van der Waals surface area contributed by atoms with E-state index in [9.17, 15) is 4.79 Å². The van der Waals surface area contributed by atoms with Crippen molar-refractivity contribution in [2.24, 2.45) is 0 Å². The summed E-state index contributed by atoms with van der Waals surface area (Å²) in [6.45, 7) is 5.84. The second kappa shape index (κ2) is 6.63. The van der Waals surface area contributed by atoms with E-state index in [4.69, 9.17) is 5.11 Å². The van der Waals surface area contributed by atoms with Crippen LogP contribution in [0.3, 0.4) is 0 Å². The fraction of sp³-hybridized carbons (Fsp3) is 0.900. The van der Waals surface area contributed by atoms with Crippen molar-refractivity contribution in [1.29, 1.82) is 0 Å². The summed E-state index contributed by atoms with van der Waals surface area (Å²) >= 11 is 0. The number of nitrogens with one attached hydrogen (secondary N) is 2. The quantitative estimate of drug-likeness (QED) is 0.593. The molecule has 1 fully saturated rings. The largest absolute Gasteiger partial charge is 0.392 e. The third kappa shape index (κ3) is 5.59. The van der Waals surface area contributed by atoms with Crippen molar-refractivity contribution in [2.75, 3.05) is 32.7 Å². The molecule has 0 saturated carbocycles. The summed E-state index contributed by atoms with van der Waals surface area (Å²) in [5.41, 5.74) is 0. The minimum Gasteiger partial charge on any atom is -0.392 e. The Hall–Kier alpha value is -0.810. The Morgan fingerprint density at radius 3 is 2.67 bits per heavy atom. The highest BCUT2D eigenvalue weighted by Crippen LogP contribution is 2.05. The van der Waals surface area contributed by atoms with E-state index in [1.807, 2.05) is 0 Å². The summed E-state index contributed by atoms with van der Waals surface area (Å²) in [4.78, 5) is 13.5. The van der Waals surface area contributed by atoms with Gasteiger partial charge in [0.15, 0.2) is 0 Å². The van der Waals surface area contributed by atoms with E-state index >= 15 is 0 Å². The van der Waals surface area contributed by atoms with Crippen molar-refractivity contribution in [3.63, 3.8) is 0 Å². The maximum absolute atomic E-state index is 11.2. The standard InChI is InChI=1S/C10H21N3O2/c1-9(14)8-12-10(15)11-4-7-13-5-2-3-6-13/h9,14H,2-8H2,1H3,(H2,11,12,15). The third-order valence-electron chi connectivity index (χ3n) is 2.47. The first-order valence-corrected chi connectivity index (χ1v) is 5.60. The number of aliphatic hydroxyl groups excluding tert-OH is 1. The van der Waals surface area contributed by atoms with Crippen molar-refractivity contribution < 1.29 is 9.90 Å². The molecule has 5 heteroatoms. The van der Waals surface area contributed by atoms with Crippen LogP contribution in [-0.2, 0) is 0 Å². The van der Waals surface area contributed by atoms with Crippen molar-refractivity contribution in [3.05, 3.63) is 0 Å². The molecule has 1 unspecified atom stereocenters. The van der Waals surface area contributed by atoms with Gasteiger partial charge < -0.3 is 20.6 Å². The van der Waals surface area contributed by atoms with Gasteiger partial charge in [-0.1, -0.05) is 0 Å². The first-order valence-electron chi connectivity index (χ1n) is 5.60. The molecule has 2 amide bonds. The predicted molar refractivity (Wildman–Crippen MR) is 58.8 cm³/mol. The summed E-state index contributed by atoms with van der Waals surface area (Å²) < 4.78 is 0. The van der Waals surface area contributed by atoms with Gasteiger partial charge >= 0.3 is 6.03 Å². The van der Waals surface area contributed by atoms with E-state index in [-0.39, 0.29) is 6.03 Å². The van der Waals surface area contributed by atoms with Crippen molar-refractivity contribution in [3.8, 4) is 0 Å². The zero-order valence-corrected chi connectivity index (χ0v) is 9.33. The summed E-state index contributed by atoms with van der Waals surface area (Å²) in [5.74, 6) is 0. The summed E-state index contributed by atoms with van der Waals surface area (Å²) in [6.07, 6.45) is 2.05. The van der Waals surface area contributed by atoms with Crippen molar-refractivity contribution >= 4 is 6.03 Å². The topological polar surface area (TPSA) is 64.6 Å². The van der Waals surface area contributed by atoms with Crippen molar-refractivity contribution in [2.45, 2.75) is 25.9 Å². The molecule has 0 bridgehead atoms. The van der Waals surface area contributed by atoms with Gasteiger partial charge in [0.25, 0.3) is 0 Å². The molecule has 0 spiro atoms. The lowest BCUT2D eigenvalue weighted by Crippen LogP contribution is -2.42. The molecular formula is C10H21N3O2. The van der Waals surface area contributed by atoms with Gasteiger partial charge in [0.2, 0.25) is 0 Å². The van der Waals surface area contributed by atoms with Crippen LogP contribution in [0, 0.1) is 0 Å². The molecule has 1 aliphatic heterocycles. The number of likely N-dealkylation sites (tertiary alicyclic amines) is 1. The lowest BCUT2D eigenvalue weighted by Gasteiger charge is -2.15. The zero-order valence-electron chi connectivity index (χ0n) is 9.33. The number of hydrogen-bond acceptors (Lipinski definition) is 3. The van der Waals surface area contributed by atoms with E-state index in [2.05, 4.69) is 15.5 Å². The van der Waals surface area contributed by atoms with Crippen LogP contribution in [0.5, 0.6) is 0 Å². The summed E-state index contributed by atoms with van der Waals surface area (Å²) in [7, 11) is 0. The number of hydrogen-bond donors (Lipinski definition) is 3. The molecule has 0 aromatic carbocycles. The Bertz CT molecular complexity index is 191. The molecule has 5 nitrogen and oxygen atoms in total. The van der Waals surface area contributed by atoms with Crippen LogP contribution in [0.4, 0.5) is 4.79 Å². The number of amides is 2. The Morgan fingerprint density at radius 2 is 2.07 bits per heavy atom. The van der Waals surface area contributed by atoms with Crippen LogP contribution < -0.4 is 10.6 Å². The monoisotopic (exact) mass is 215 g/mol. The number of rotatable bonds is 5. The summed E-state index contributed by atoms with van der Waals surface area (Å²) in [6, 6.07) is -0.199. The van der Waals surface area contributed by atoms with Gasteiger partial charge in [0, 0.05) is 19.6 Å². The Balaban J connectivity index is 1.96. The number of aliphatic hydroxyl groups is 1. The Labute approximate surface area is 90.8 Å². The fourth-order valence-electron chi connectivity index (χ4n) is 1.64. The molecule has 0 aromatic heterocycles. The number of carbonyl (C=O) groups is 1. The molecule has 1 rings (SSSR count). The van der Waals surface area contributed by atoms with Gasteiger partial charge in [0.05, 0.1) is 6.10 Å². The van der Waals surface area contributed by atoms with Gasteiger partial charge in [-0.25, -0.2) is 4.79 Å². The van der Waals surface area contributed by atoms with Gasteiger partial charge in [-0.05, 0) is 32.9 Å². The molecule has 1 aliphatic rings. The zero-order chi connectivity index (χ0) is 11.1. The number of carbonyl (C=O) groups excluding carboxylic acids is 1. The van der Waals surface area contributed by atoms with Crippen LogP contribution in [0.15, 0.2) is 0 Å². The van der Waals surface area contributed by atoms with Crippen molar-refractivity contribution in [1.82, 2.24) is 15.5 Å². The molecule has 3 N–H and O–H groups in total. The molecule has 0 aliphatic carbocycles. The Morgan fingerprint density at radius 1 is 1.40 bits per heavy atom. The second-order valence-electron chi connectivity index (χ2n) is 4.03. The van der Waals surface area contributed by atoms with Crippen LogP contribution in [0.1, 0.15) is 19.8 Å². The van der Waals surface area contributed by atoms with E-state index in [0.717, 1.165) is 19.6 Å². The normalized spacial score (nSPS) is 18.8. The highest BCUT2D eigenvalue weighted by atomic mass is 16.3. The lowest BCUT2D eigenvalue weighted by atomic mass is 10.4. The van der Waals surface area contributed by atoms with E-state index in [1.54, 1.807) is 6.92 Å². The van der Waals surface area contributed by atoms with Gasteiger partial charge in [-0.15, -0.1) is 0 Å². The van der Waals surface area contributed by atoms with Gasteiger partial charge in [0.1, 0.15) is 0 Å². The molecule has 1 saturated heterocycles. The summed E-state index contributed by atoms with van der Waals surface area (Å²) in [5, 5.41) is 14.3. The molecule has 1 atom stereocenters. The van der Waals surface area contributed by atoms with Crippen LogP contribution in [0.2, 0.25) is 0 Å². The van der Waals surface area contributed by atoms with E-state index in [0.29, 0.717) is 13.1 Å². The first-order chi connectivity index (χ1) is 7.18. The number of urea groups is 1. The molecule has 1 heterocycles. The average molecular weight is 215 g/mol. The Kier molecular flexibility index (Phi) is 5.42. The SMILES string of the molecule is CC(O)CNC(=O)NCCN1CCCC1. The lowest BCUT2D eigenvalue weighted by molar-refractivity contribution is 0.187. The van der Waals surface area contributed by atoms with E-state index in [1.165, 1.54) is 12.8 Å². The fourth-order valence-corrected chi connectivity index (χ4v) is 1.64.